The third kappa shape index (κ3) is 4.69. The Hall–Kier alpha value is -7.60. The highest BCUT2D eigenvalue weighted by atomic mass is 32.1. The van der Waals surface area contributed by atoms with Gasteiger partial charge in [-0.15, -0.1) is 11.3 Å². The van der Waals surface area contributed by atoms with Gasteiger partial charge in [0.25, 0.3) is 0 Å². The van der Waals surface area contributed by atoms with Gasteiger partial charge in [-0.25, -0.2) is 9.97 Å². The minimum atomic E-state index is -0.0140. The molecule has 2 aliphatic heterocycles. The van der Waals surface area contributed by atoms with Gasteiger partial charge in [-0.05, 0) is 65.2 Å². The van der Waals surface area contributed by atoms with Crippen LogP contribution in [0.2, 0.25) is 0 Å². The molecule has 1 aliphatic carbocycles. The summed E-state index contributed by atoms with van der Waals surface area (Å²) in [5.41, 5.74) is 13.6. The zero-order valence-corrected chi connectivity index (χ0v) is 33.6. The fraction of sp³-hybridized carbons (Fsp3) is 0.0357. The van der Waals surface area contributed by atoms with Crippen LogP contribution >= 0.6 is 11.3 Å². The smallest absolute Gasteiger partial charge is 0.161 e. The van der Waals surface area contributed by atoms with E-state index in [1.165, 1.54) is 58.4 Å². The zero-order chi connectivity index (χ0) is 39.8. The molecular weight excluding hydrogens is 763 g/mol. The molecule has 1 unspecified atom stereocenters. The number of rotatable bonds is 2. The highest BCUT2D eigenvalue weighted by molar-refractivity contribution is 7.25. The van der Waals surface area contributed by atoms with Crippen LogP contribution in [0.25, 0.3) is 126 Å². The maximum absolute atomic E-state index is 6.75. The molecule has 284 valence electrons. The Morgan fingerprint density at radius 1 is 0.574 bits per heavy atom. The predicted octanol–water partition coefficient (Wildman–Crippen LogP) is 15.5. The molecule has 0 saturated carbocycles. The van der Waals surface area contributed by atoms with Crippen LogP contribution in [0.1, 0.15) is 29.0 Å². The number of para-hydroxylation sites is 1. The number of fused-ring (bicyclic) bond motifs is 10. The van der Waals surface area contributed by atoms with E-state index >= 15 is 0 Å². The molecule has 1 atom stereocenters. The average Bonchev–Trinajstić information content (AvgIpc) is 3.97. The number of aromatic nitrogens is 3. The normalized spacial score (nSPS) is 14.5. The number of nitrogens with zero attached hydrogens (tertiary/aromatic N) is 3. The second-order valence-corrected chi connectivity index (χ2v) is 17.4. The Bertz CT molecular complexity index is 3920. The Kier molecular flexibility index (Phi) is 6.79. The van der Waals surface area contributed by atoms with Gasteiger partial charge in [-0.3, -0.25) is 0 Å². The van der Waals surface area contributed by atoms with E-state index in [4.69, 9.17) is 14.4 Å². The van der Waals surface area contributed by atoms with E-state index in [9.17, 15) is 0 Å². The summed E-state index contributed by atoms with van der Waals surface area (Å²) in [5.74, 6) is 0.701. The minimum Gasteiger partial charge on any atom is -0.456 e. The second kappa shape index (κ2) is 12.5. The molecule has 12 aromatic rings. The first kappa shape index (κ1) is 33.3. The van der Waals surface area contributed by atoms with Crippen LogP contribution in [0.4, 0.5) is 0 Å². The fourth-order valence-corrected chi connectivity index (χ4v) is 11.5. The van der Waals surface area contributed by atoms with Gasteiger partial charge in [0.15, 0.2) is 5.82 Å². The third-order valence-electron chi connectivity index (χ3n) is 13.1. The molecule has 61 heavy (non-hydrogen) atoms. The molecule has 4 bridgehead atoms. The predicted molar refractivity (Wildman–Crippen MR) is 256 cm³/mol. The number of thiophene rings is 1. The SMILES string of the molecule is C1=Cc2c3ccc4c5cc6ccccc6cc5n(c24)-c2c(ccc4oc5ccccc5c24)-c2nc(-c4cccc5sc6ccccc6c45)nc(-c4ccccc4)c2C(C=C3)C1. The molecular formula is C56H33N3OS. The monoisotopic (exact) mass is 795 g/mol. The Morgan fingerprint density at radius 3 is 2.28 bits per heavy atom. The molecule has 0 spiro atoms. The first-order chi connectivity index (χ1) is 30.2. The molecule has 6 heterocycles. The number of hydrogen-bond donors (Lipinski definition) is 0. The zero-order valence-electron chi connectivity index (χ0n) is 32.8. The maximum atomic E-state index is 6.75. The van der Waals surface area contributed by atoms with Crippen molar-refractivity contribution in [1.82, 2.24) is 14.5 Å². The van der Waals surface area contributed by atoms with Crippen LogP contribution in [-0.2, 0) is 0 Å². The Labute approximate surface area is 354 Å². The van der Waals surface area contributed by atoms with E-state index in [-0.39, 0.29) is 5.92 Å². The number of furan rings is 1. The highest BCUT2D eigenvalue weighted by Crippen LogP contribution is 2.50. The summed E-state index contributed by atoms with van der Waals surface area (Å²) in [7, 11) is 0. The molecule has 0 amide bonds. The van der Waals surface area contributed by atoms with Crippen LogP contribution < -0.4 is 0 Å². The van der Waals surface area contributed by atoms with Crippen molar-refractivity contribution >= 4 is 98.2 Å². The lowest BCUT2D eigenvalue weighted by molar-refractivity contribution is 0.669. The molecule has 3 aliphatic rings. The van der Waals surface area contributed by atoms with Gasteiger partial charge in [0.05, 0.1) is 33.5 Å². The van der Waals surface area contributed by atoms with Crippen LogP contribution in [-0.4, -0.2) is 14.5 Å². The number of benzene rings is 8. The summed E-state index contributed by atoms with van der Waals surface area (Å²) in [6.07, 6.45) is 10.3. The van der Waals surface area contributed by atoms with Gasteiger partial charge in [0, 0.05) is 70.1 Å². The van der Waals surface area contributed by atoms with Crippen LogP contribution in [0.15, 0.2) is 174 Å². The standard InChI is InChI=1S/C56H33N3OS/c1-2-12-34(13-3-1)52-49-33-16-10-19-37-32(24-25-33)26-27-38-43-30-35-14-4-5-15-36(35)31-44(43)59(54(37)38)55-42(28-29-46-51(55)39-17-6-8-21-45(39)60-46)53(49)58-56(57-52)41-20-11-23-48-50(41)40-18-7-9-22-47(40)61-48/h1-15,17-31,33H,16H2. The van der Waals surface area contributed by atoms with Crippen molar-refractivity contribution in [3.05, 3.63) is 187 Å². The lowest BCUT2D eigenvalue weighted by Crippen LogP contribution is -2.09. The molecule has 5 heteroatoms. The van der Waals surface area contributed by atoms with Gasteiger partial charge in [-0.1, -0.05) is 140 Å². The van der Waals surface area contributed by atoms with Crippen molar-refractivity contribution in [2.45, 2.75) is 12.3 Å². The molecule has 0 radical (unpaired) electrons. The molecule has 4 aromatic heterocycles. The highest BCUT2D eigenvalue weighted by Gasteiger charge is 2.31. The molecule has 15 rings (SSSR count). The largest absolute Gasteiger partial charge is 0.456 e. The van der Waals surface area contributed by atoms with E-state index < -0.39 is 0 Å². The van der Waals surface area contributed by atoms with Crippen molar-refractivity contribution in [3.63, 3.8) is 0 Å². The van der Waals surface area contributed by atoms with Crippen LogP contribution in [0.3, 0.4) is 0 Å². The van der Waals surface area contributed by atoms with Crippen molar-refractivity contribution in [1.29, 1.82) is 0 Å². The van der Waals surface area contributed by atoms with Crippen LogP contribution in [0.5, 0.6) is 0 Å². The van der Waals surface area contributed by atoms with E-state index in [0.717, 1.165) is 73.2 Å². The second-order valence-electron chi connectivity index (χ2n) is 16.4. The first-order valence-electron chi connectivity index (χ1n) is 20.9. The summed E-state index contributed by atoms with van der Waals surface area (Å²) in [4.78, 5) is 11.6. The van der Waals surface area contributed by atoms with Gasteiger partial charge < -0.3 is 8.98 Å². The van der Waals surface area contributed by atoms with E-state index in [1.54, 1.807) is 0 Å². The molecule has 0 N–H and O–H groups in total. The molecule has 0 fully saturated rings. The van der Waals surface area contributed by atoms with Crippen molar-refractivity contribution in [2.75, 3.05) is 0 Å². The van der Waals surface area contributed by atoms with Crippen LogP contribution in [0, 0.1) is 0 Å². The number of allylic oxidation sites excluding steroid dienone is 2. The minimum absolute atomic E-state index is 0.0140. The van der Waals surface area contributed by atoms with Crippen molar-refractivity contribution < 1.29 is 4.42 Å². The van der Waals surface area contributed by atoms with E-state index in [1.807, 2.05) is 11.3 Å². The topological polar surface area (TPSA) is 43.9 Å². The Balaban J connectivity index is 1.23. The summed E-state index contributed by atoms with van der Waals surface area (Å²) in [6, 6.07) is 57.0. The molecule has 0 saturated heterocycles. The summed E-state index contributed by atoms with van der Waals surface area (Å²) < 4.78 is 11.8. The average molecular weight is 796 g/mol. The lowest BCUT2D eigenvalue weighted by Gasteiger charge is -2.23. The van der Waals surface area contributed by atoms with Crippen molar-refractivity contribution in [2.24, 2.45) is 0 Å². The van der Waals surface area contributed by atoms with Crippen molar-refractivity contribution in [3.8, 4) is 39.6 Å². The van der Waals surface area contributed by atoms with Gasteiger partial charge in [-0.2, -0.15) is 0 Å². The van der Waals surface area contributed by atoms with E-state index in [2.05, 4.69) is 187 Å². The lowest BCUT2D eigenvalue weighted by atomic mass is 9.85. The summed E-state index contributed by atoms with van der Waals surface area (Å²) >= 11 is 1.82. The number of hydrogen-bond acceptors (Lipinski definition) is 4. The Morgan fingerprint density at radius 2 is 1.36 bits per heavy atom. The first-order valence-corrected chi connectivity index (χ1v) is 21.7. The fourth-order valence-electron chi connectivity index (χ4n) is 10.4. The van der Waals surface area contributed by atoms with Gasteiger partial charge in [0.1, 0.15) is 11.2 Å². The third-order valence-corrected chi connectivity index (χ3v) is 14.2. The van der Waals surface area contributed by atoms with E-state index in [0.29, 0.717) is 5.82 Å². The molecule has 4 nitrogen and oxygen atoms in total. The maximum Gasteiger partial charge on any atom is 0.161 e. The van der Waals surface area contributed by atoms with Gasteiger partial charge >= 0.3 is 0 Å². The quantitative estimate of drug-likeness (QED) is 0.175. The molecule has 8 aromatic carbocycles. The van der Waals surface area contributed by atoms with Gasteiger partial charge in [0.2, 0.25) is 0 Å². The summed E-state index contributed by atoms with van der Waals surface area (Å²) in [6.45, 7) is 0. The summed E-state index contributed by atoms with van der Waals surface area (Å²) in [5, 5.41) is 9.41.